The lowest BCUT2D eigenvalue weighted by atomic mass is 10.2. The van der Waals surface area contributed by atoms with Crippen molar-refractivity contribution in [1.29, 1.82) is 0 Å². The van der Waals surface area contributed by atoms with E-state index in [9.17, 15) is 4.79 Å². The Balaban J connectivity index is 2.25. The number of carbonyl (C=O) groups excluding carboxylic acids is 1. The number of nitrogens with one attached hydrogen (secondary N) is 1. The van der Waals surface area contributed by atoms with Crippen molar-refractivity contribution in [3.63, 3.8) is 0 Å². The smallest absolute Gasteiger partial charge is 0.272 e. The quantitative estimate of drug-likeness (QED) is 0.549. The van der Waals surface area contributed by atoms with Crippen LogP contribution in [0, 0.1) is 0 Å². The largest absolute Gasteiger partial charge is 0.368 e. The van der Waals surface area contributed by atoms with Gasteiger partial charge in [-0.1, -0.05) is 0 Å². The van der Waals surface area contributed by atoms with Gasteiger partial charge in [0.2, 0.25) is 0 Å². The molecule has 0 spiro atoms. The highest BCUT2D eigenvalue weighted by Crippen LogP contribution is 2.11. The molecule has 1 fully saturated rings. The van der Waals surface area contributed by atoms with Crippen molar-refractivity contribution in [2.45, 2.75) is 18.9 Å². The average molecular weight is 145 g/mol. The van der Waals surface area contributed by atoms with Crippen LogP contribution in [0.4, 0.5) is 0 Å². The minimum absolute atomic E-state index is 0.181. The molecule has 0 aromatic rings. The minimum atomic E-state index is -0.292. The molecule has 1 saturated heterocycles. The molecule has 1 aliphatic heterocycles. The van der Waals surface area contributed by atoms with Crippen molar-refractivity contribution in [3.8, 4) is 0 Å². The summed E-state index contributed by atoms with van der Waals surface area (Å²) in [4.78, 5) is 15.3. The van der Waals surface area contributed by atoms with Gasteiger partial charge in [0.1, 0.15) is 6.10 Å². The Bertz CT molecular complexity index is 120. The third-order valence-electron chi connectivity index (χ3n) is 1.42. The number of ether oxygens (including phenoxy) is 1. The van der Waals surface area contributed by atoms with Gasteiger partial charge in [-0.05, 0) is 12.8 Å². The Morgan fingerprint density at radius 2 is 2.60 bits per heavy atom. The summed E-state index contributed by atoms with van der Waals surface area (Å²) in [5.41, 5.74) is 2.22. The molecule has 0 saturated carbocycles. The molecule has 1 rings (SSSR count). The van der Waals surface area contributed by atoms with E-state index < -0.39 is 0 Å². The van der Waals surface area contributed by atoms with E-state index in [4.69, 9.17) is 4.74 Å². The molecule has 0 radical (unpaired) electrons. The fourth-order valence-corrected chi connectivity index (χ4v) is 0.951. The van der Waals surface area contributed by atoms with Gasteiger partial charge in [0, 0.05) is 6.61 Å². The Kier molecular flexibility index (Phi) is 2.65. The SMILES string of the molecule is CONC(=O)[C@H]1CCCO1. The predicted octanol–water partition coefficient (Wildman–Crippen LogP) is -0.157. The Hall–Kier alpha value is -0.610. The number of amides is 1. The van der Waals surface area contributed by atoms with Crippen LogP contribution in [0.5, 0.6) is 0 Å². The van der Waals surface area contributed by atoms with E-state index in [1.807, 2.05) is 0 Å². The van der Waals surface area contributed by atoms with Gasteiger partial charge in [0.05, 0.1) is 7.11 Å². The lowest BCUT2D eigenvalue weighted by Crippen LogP contribution is -2.33. The normalized spacial score (nSPS) is 24.7. The first-order valence-corrected chi connectivity index (χ1v) is 3.29. The monoisotopic (exact) mass is 145 g/mol. The maximum absolute atomic E-state index is 10.9. The van der Waals surface area contributed by atoms with Crippen LogP contribution < -0.4 is 5.48 Å². The third-order valence-corrected chi connectivity index (χ3v) is 1.42. The number of carbonyl (C=O) groups is 1. The van der Waals surface area contributed by atoms with Crippen LogP contribution in [-0.4, -0.2) is 25.7 Å². The summed E-state index contributed by atoms with van der Waals surface area (Å²) in [6.07, 6.45) is 1.47. The van der Waals surface area contributed by atoms with Gasteiger partial charge >= 0.3 is 0 Å². The van der Waals surface area contributed by atoms with Crippen LogP contribution in [0.1, 0.15) is 12.8 Å². The number of rotatable bonds is 2. The molecule has 4 heteroatoms. The predicted molar refractivity (Wildman–Crippen MR) is 34.1 cm³/mol. The summed E-state index contributed by atoms with van der Waals surface area (Å²) in [5.74, 6) is -0.181. The van der Waals surface area contributed by atoms with Crippen molar-refractivity contribution in [2.24, 2.45) is 0 Å². The standard InChI is InChI=1S/C6H11NO3/c1-9-7-6(8)5-3-2-4-10-5/h5H,2-4H2,1H3,(H,7,8)/t5-/m1/s1. The molecule has 0 bridgehead atoms. The molecular weight excluding hydrogens is 134 g/mol. The second-order valence-corrected chi connectivity index (χ2v) is 2.17. The van der Waals surface area contributed by atoms with E-state index in [0.29, 0.717) is 6.61 Å². The summed E-state index contributed by atoms with van der Waals surface area (Å²) in [6, 6.07) is 0. The molecule has 0 aromatic carbocycles. The first-order chi connectivity index (χ1) is 4.84. The summed E-state index contributed by atoms with van der Waals surface area (Å²) in [5, 5.41) is 0. The molecule has 1 atom stereocenters. The maximum Gasteiger partial charge on any atom is 0.272 e. The molecule has 0 unspecified atom stereocenters. The lowest BCUT2D eigenvalue weighted by molar-refractivity contribution is -0.140. The fraction of sp³-hybridized carbons (Fsp3) is 0.833. The molecule has 0 aromatic heterocycles. The van der Waals surface area contributed by atoms with Crippen molar-refractivity contribution in [1.82, 2.24) is 5.48 Å². The molecule has 1 amide bonds. The van der Waals surface area contributed by atoms with Gasteiger partial charge in [-0.15, -0.1) is 0 Å². The number of hydroxylamine groups is 1. The summed E-state index contributed by atoms with van der Waals surface area (Å²) >= 11 is 0. The van der Waals surface area contributed by atoms with E-state index in [0.717, 1.165) is 12.8 Å². The van der Waals surface area contributed by atoms with Crippen LogP contribution in [0.15, 0.2) is 0 Å². The summed E-state index contributed by atoms with van der Waals surface area (Å²) in [7, 11) is 1.41. The highest BCUT2D eigenvalue weighted by molar-refractivity contribution is 5.79. The second kappa shape index (κ2) is 3.53. The Labute approximate surface area is 59.5 Å². The van der Waals surface area contributed by atoms with Gasteiger partial charge < -0.3 is 4.74 Å². The van der Waals surface area contributed by atoms with Gasteiger partial charge in [-0.25, -0.2) is 5.48 Å². The molecule has 1 aliphatic rings. The maximum atomic E-state index is 10.9. The fourth-order valence-electron chi connectivity index (χ4n) is 0.951. The van der Waals surface area contributed by atoms with Crippen LogP contribution in [0.2, 0.25) is 0 Å². The van der Waals surface area contributed by atoms with E-state index in [-0.39, 0.29) is 12.0 Å². The minimum Gasteiger partial charge on any atom is -0.368 e. The van der Waals surface area contributed by atoms with Crippen LogP contribution in [0.25, 0.3) is 0 Å². The molecule has 10 heavy (non-hydrogen) atoms. The molecule has 0 aliphatic carbocycles. The highest BCUT2D eigenvalue weighted by atomic mass is 16.6. The summed E-state index contributed by atoms with van der Waals surface area (Å²) < 4.78 is 5.08. The average Bonchev–Trinajstić information content (AvgIpc) is 2.38. The lowest BCUT2D eigenvalue weighted by Gasteiger charge is -2.06. The van der Waals surface area contributed by atoms with E-state index >= 15 is 0 Å². The van der Waals surface area contributed by atoms with Crippen LogP contribution >= 0.6 is 0 Å². The van der Waals surface area contributed by atoms with E-state index in [1.165, 1.54) is 7.11 Å². The topological polar surface area (TPSA) is 47.6 Å². The molecule has 58 valence electrons. The van der Waals surface area contributed by atoms with Gasteiger partial charge in [-0.2, -0.15) is 0 Å². The van der Waals surface area contributed by atoms with Gasteiger partial charge in [-0.3, -0.25) is 9.63 Å². The third kappa shape index (κ3) is 1.68. The Morgan fingerprint density at radius 3 is 3.10 bits per heavy atom. The molecule has 1 heterocycles. The molecule has 1 N–H and O–H groups in total. The number of hydrogen-bond acceptors (Lipinski definition) is 3. The van der Waals surface area contributed by atoms with Gasteiger partial charge in [0.25, 0.3) is 5.91 Å². The van der Waals surface area contributed by atoms with E-state index in [2.05, 4.69) is 10.3 Å². The zero-order chi connectivity index (χ0) is 7.40. The number of hydrogen-bond donors (Lipinski definition) is 1. The van der Waals surface area contributed by atoms with Crippen molar-refractivity contribution in [3.05, 3.63) is 0 Å². The first kappa shape index (κ1) is 7.50. The zero-order valence-corrected chi connectivity index (χ0v) is 5.92. The van der Waals surface area contributed by atoms with Crippen molar-refractivity contribution < 1.29 is 14.4 Å². The molecule has 4 nitrogen and oxygen atoms in total. The summed E-state index contributed by atoms with van der Waals surface area (Å²) in [6.45, 7) is 0.682. The van der Waals surface area contributed by atoms with E-state index in [1.54, 1.807) is 0 Å². The molecular formula is C6H11NO3. The van der Waals surface area contributed by atoms with Crippen molar-refractivity contribution in [2.75, 3.05) is 13.7 Å². The van der Waals surface area contributed by atoms with Gasteiger partial charge in [0.15, 0.2) is 0 Å². The van der Waals surface area contributed by atoms with Crippen LogP contribution in [0.3, 0.4) is 0 Å². The van der Waals surface area contributed by atoms with Crippen molar-refractivity contribution >= 4 is 5.91 Å². The highest BCUT2D eigenvalue weighted by Gasteiger charge is 2.22. The second-order valence-electron chi connectivity index (χ2n) is 2.17. The first-order valence-electron chi connectivity index (χ1n) is 3.29. The Morgan fingerprint density at radius 1 is 1.80 bits per heavy atom. The zero-order valence-electron chi connectivity index (χ0n) is 5.92. The van der Waals surface area contributed by atoms with Crippen LogP contribution in [-0.2, 0) is 14.4 Å².